The Morgan fingerprint density at radius 3 is 2.69 bits per heavy atom. The number of primary amides is 1. The Morgan fingerprint density at radius 2 is 2.06 bits per heavy atom. The molecule has 3 aromatic rings. The second kappa shape index (κ2) is 10.4. The minimum absolute atomic E-state index is 0.000502. The van der Waals surface area contributed by atoms with Crippen molar-refractivity contribution < 1.29 is 23.1 Å². The number of carbonyl (C=O) groups excluding carboxylic acids is 1. The number of hydrogen-bond donors (Lipinski definition) is 2. The fourth-order valence-corrected chi connectivity index (χ4v) is 4.96. The lowest BCUT2D eigenvalue weighted by Crippen LogP contribution is -2.47. The molecular weight excluding hydrogens is 473 g/mol. The van der Waals surface area contributed by atoms with E-state index in [2.05, 4.69) is 9.97 Å². The van der Waals surface area contributed by atoms with Crippen LogP contribution in [0.15, 0.2) is 36.8 Å². The van der Waals surface area contributed by atoms with Crippen molar-refractivity contribution in [2.75, 3.05) is 31.1 Å². The number of aliphatic hydroxyl groups is 1. The molecule has 194 valence electrons. The first-order valence-electron chi connectivity index (χ1n) is 12.0. The summed E-state index contributed by atoms with van der Waals surface area (Å²) in [6.07, 6.45) is -0.837. The van der Waals surface area contributed by atoms with Gasteiger partial charge in [-0.3, -0.25) is 9.69 Å². The Labute approximate surface area is 207 Å². The van der Waals surface area contributed by atoms with Crippen molar-refractivity contribution in [1.82, 2.24) is 19.4 Å². The number of benzene rings is 1. The average molecular weight is 505 g/mol. The summed E-state index contributed by atoms with van der Waals surface area (Å²) in [5.74, 6) is 0.296. The summed E-state index contributed by atoms with van der Waals surface area (Å²) in [7, 11) is 0. The van der Waals surface area contributed by atoms with E-state index in [-0.39, 0.29) is 18.0 Å². The van der Waals surface area contributed by atoms with Crippen LogP contribution in [0, 0.1) is 12.8 Å². The van der Waals surface area contributed by atoms with E-state index in [0.717, 1.165) is 29.1 Å². The van der Waals surface area contributed by atoms with Crippen molar-refractivity contribution in [1.29, 1.82) is 0 Å². The smallest absolute Gasteiger partial charge is 0.391 e. The van der Waals surface area contributed by atoms with Crippen molar-refractivity contribution in [2.45, 2.75) is 45.6 Å². The van der Waals surface area contributed by atoms with Crippen LogP contribution in [0.5, 0.6) is 0 Å². The number of fused-ring (bicyclic) bond motifs is 1. The number of amides is 1. The van der Waals surface area contributed by atoms with Crippen LogP contribution in [0.2, 0.25) is 0 Å². The Hall–Kier alpha value is -3.18. The summed E-state index contributed by atoms with van der Waals surface area (Å²) in [5, 5.41) is 11.5. The average Bonchev–Trinajstić information content (AvgIpc) is 3.21. The first-order chi connectivity index (χ1) is 17.1. The number of anilines is 1. The van der Waals surface area contributed by atoms with Crippen LogP contribution in [0.1, 0.15) is 30.0 Å². The second-order valence-electron chi connectivity index (χ2n) is 9.38. The highest BCUT2D eigenvalue weighted by Gasteiger charge is 2.32. The fourth-order valence-electron chi connectivity index (χ4n) is 4.96. The Balaban J connectivity index is 1.52. The molecule has 0 saturated carbocycles. The standard InChI is InChI=1S/C25H31F3N6O2/c1-3-33(11-17-4-5-20(16(2)10-17)25(26,27)28)23-19-7-9-34(24(19)31-15-30-23)12-18-6-8-32(13-21(18)35)14-22(29)36/h4-5,7,9-10,15,18,21,35H,3,6,8,11-14H2,1-2H3,(H2,29,36)/t18-,21+/m0/s1. The molecule has 3 N–H and O–H groups in total. The van der Waals surface area contributed by atoms with Crippen LogP contribution >= 0.6 is 0 Å². The molecule has 0 spiro atoms. The number of nitrogens with zero attached hydrogens (tertiary/aromatic N) is 5. The minimum atomic E-state index is -4.37. The van der Waals surface area contributed by atoms with E-state index in [9.17, 15) is 23.1 Å². The van der Waals surface area contributed by atoms with Gasteiger partial charge in [0.15, 0.2) is 0 Å². The highest BCUT2D eigenvalue weighted by atomic mass is 19.4. The lowest BCUT2D eigenvalue weighted by atomic mass is 9.93. The zero-order valence-corrected chi connectivity index (χ0v) is 20.4. The van der Waals surface area contributed by atoms with Crippen LogP contribution < -0.4 is 10.6 Å². The van der Waals surface area contributed by atoms with E-state index < -0.39 is 23.8 Å². The molecule has 3 heterocycles. The number of hydrogen-bond acceptors (Lipinski definition) is 6. The zero-order valence-electron chi connectivity index (χ0n) is 20.4. The van der Waals surface area contributed by atoms with Gasteiger partial charge in [-0.05, 0) is 50.1 Å². The molecule has 1 aromatic carbocycles. The number of alkyl halides is 3. The van der Waals surface area contributed by atoms with Gasteiger partial charge in [0.1, 0.15) is 17.8 Å². The van der Waals surface area contributed by atoms with E-state index in [4.69, 9.17) is 5.73 Å². The summed E-state index contributed by atoms with van der Waals surface area (Å²) < 4.78 is 41.4. The van der Waals surface area contributed by atoms with Gasteiger partial charge in [0.25, 0.3) is 0 Å². The molecule has 0 radical (unpaired) electrons. The van der Waals surface area contributed by atoms with Gasteiger partial charge in [0.05, 0.1) is 23.6 Å². The quantitative estimate of drug-likeness (QED) is 0.489. The zero-order chi connectivity index (χ0) is 26.0. The molecule has 2 aromatic heterocycles. The molecule has 2 atom stereocenters. The number of aliphatic hydroxyl groups excluding tert-OH is 1. The van der Waals surface area contributed by atoms with Crippen LogP contribution in [0.3, 0.4) is 0 Å². The molecule has 1 aliphatic rings. The molecule has 0 unspecified atom stereocenters. The van der Waals surface area contributed by atoms with Gasteiger partial charge < -0.3 is 20.3 Å². The lowest BCUT2D eigenvalue weighted by Gasteiger charge is -2.35. The summed E-state index contributed by atoms with van der Waals surface area (Å²) in [6, 6.07) is 6.14. The first-order valence-corrected chi connectivity index (χ1v) is 12.0. The number of carbonyl (C=O) groups is 1. The monoisotopic (exact) mass is 504 g/mol. The number of piperidine rings is 1. The molecule has 36 heavy (non-hydrogen) atoms. The van der Waals surface area contributed by atoms with E-state index >= 15 is 0 Å². The predicted molar refractivity (Wildman–Crippen MR) is 130 cm³/mol. The second-order valence-corrected chi connectivity index (χ2v) is 9.38. The van der Waals surface area contributed by atoms with Gasteiger partial charge in [-0.1, -0.05) is 12.1 Å². The fraction of sp³-hybridized carbons (Fsp3) is 0.480. The van der Waals surface area contributed by atoms with Crippen molar-refractivity contribution in [3.63, 3.8) is 0 Å². The molecule has 1 aliphatic heterocycles. The van der Waals surface area contributed by atoms with E-state index in [1.807, 2.05) is 33.6 Å². The number of aromatic nitrogens is 3. The number of nitrogens with two attached hydrogens (primary N) is 1. The maximum Gasteiger partial charge on any atom is 0.416 e. The van der Waals surface area contributed by atoms with Gasteiger partial charge in [-0.25, -0.2) is 9.97 Å². The van der Waals surface area contributed by atoms with Crippen LogP contribution in [-0.4, -0.2) is 62.7 Å². The third-order valence-electron chi connectivity index (χ3n) is 6.80. The minimum Gasteiger partial charge on any atom is -0.391 e. The van der Waals surface area contributed by atoms with E-state index in [1.165, 1.54) is 19.3 Å². The van der Waals surface area contributed by atoms with E-state index in [1.54, 1.807) is 6.07 Å². The van der Waals surface area contributed by atoms with E-state index in [0.29, 0.717) is 38.5 Å². The number of likely N-dealkylation sites (tertiary alicyclic amines) is 1. The van der Waals surface area contributed by atoms with Crippen LogP contribution in [0.4, 0.5) is 19.0 Å². The lowest BCUT2D eigenvalue weighted by molar-refractivity contribution is -0.138. The van der Waals surface area contributed by atoms with Crippen LogP contribution in [-0.2, 0) is 24.1 Å². The molecule has 0 aliphatic carbocycles. The topological polar surface area (TPSA) is 101 Å². The number of rotatable bonds is 8. The first kappa shape index (κ1) is 25.9. The normalized spacial score (nSPS) is 19.1. The van der Waals surface area contributed by atoms with Crippen LogP contribution in [0.25, 0.3) is 11.0 Å². The molecule has 1 saturated heterocycles. The van der Waals surface area contributed by atoms with Crippen molar-refractivity contribution in [3.8, 4) is 0 Å². The summed E-state index contributed by atoms with van der Waals surface area (Å²) in [5.41, 5.74) is 6.33. The molecule has 0 bridgehead atoms. The number of halogens is 3. The highest BCUT2D eigenvalue weighted by molar-refractivity contribution is 5.87. The summed E-state index contributed by atoms with van der Waals surface area (Å²) in [6.45, 7) is 6.23. The third-order valence-corrected chi connectivity index (χ3v) is 6.80. The number of β-amino-alcohol motifs (C(OH)–C–C–N with tert-alkyl or cyclic N) is 1. The summed E-state index contributed by atoms with van der Waals surface area (Å²) in [4.78, 5) is 24.0. The number of aryl methyl sites for hydroxylation is 1. The van der Waals surface area contributed by atoms with Gasteiger partial charge in [-0.2, -0.15) is 13.2 Å². The largest absolute Gasteiger partial charge is 0.416 e. The van der Waals surface area contributed by atoms with Crippen molar-refractivity contribution in [2.24, 2.45) is 11.7 Å². The Bertz CT molecular complexity index is 1230. The Kier molecular flexibility index (Phi) is 7.51. The van der Waals surface area contributed by atoms with Gasteiger partial charge >= 0.3 is 6.18 Å². The molecule has 1 fully saturated rings. The SMILES string of the molecule is CCN(Cc1ccc(C(F)(F)F)c(C)c1)c1ncnc2c1ccn2C[C@@H]1CCN(CC(N)=O)C[C@H]1O. The maximum absolute atomic E-state index is 13.1. The third kappa shape index (κ3) is 5.62. The molecule has 4 rings (SSSR count). The Morgan fingerprint density at radius 1 is 1.28 bits per heavy atom. The summed E-state index contributed by atoms with van der Waals surface area (Å²) >= 11 is 0. The predicted octanol–water partition coefficient (Wildman–Crippen LogP) is 2.95. The van der Waals surface area contributed by atoms with Gasteiger partial charge in [0, 0.05) is 38.3 Å². The molecule has 8 nitrogen and oxygen atoms in total. The highest BCUT2D eigenvalue weighted by Crippen LogP contribution is 2.33. The van der Waals surface area contributed by atoms with Crippen molar-refractivity contribution >= 4 is 22.8 Å². The molecule has 11 heteroatoms. The molecule has 1 amide bonds. The maximum atomic E-state index is 13.1. The van der Waals surface area contributed by atoms with Gasteiger partial charge in [-0.15, -0.1) is 0 Å². The van der Waals surface area contributed by atoms with Crippen molar-refractivity contribution in [3.05, 3.63) is 53.5 Å². The molecular formula is C25H31F3N6O2. The van der Waals surface area contributed by atoms with Gasteiger partial charge in [0.2, 0.25) is 5.91 Å².